The quantitative estimate of drug-likeness (QED) is 0.651. The molecular weight excluding hydrogens is 160 g/mol. The van der Waals surface area contributed by atoms with Gasteiger partial charge in [0.1, 0.15) is 0 Å². The van der Waals surface area contributed by atoms with Crippen molar-refractivity contribution in [3.63, 3.8) is 0 Å². The molecule has 0 amide bonds. The summed E-state index contributed by atoms with van der Waals surface area (Å²) in [5, 5.41) is 0. The predicted molar refractivity (Wildman–Crippen MR) is 54.6 cm³/mol. The normalized spacial score (nSPS) is 48.7. The van der Waals surface area contributed by atoms with Gasteiger partial charge in [0.2, 0.25) is 0 Å². The average Bonchev–Trinajstić information content (AvgIpc) is 2.80. The molecule has 2 aliphatic carbocycles. The van der Waals surface area contributed by atoms with E-state index in [1.807, 2.05) is 7.11 Å². The Hall–Kier alpha value is -0.0400. The lowest BCUT2D eigenvalue weighted by molar-refractivity contribution is 0.0794. The fourth-order valence-electron chi connectivity index (χ4n) is 3.44. The van der Waals surface area contributed by atoms with Gasteiger partial charge in [0.05, 0.1) is 0 Å². The number of ether oxygens (including phenoxy) is 1. The Kier molecular flexibility index (Phi) is 2.39. The third-order valence-corrected chi connectivity index (χ3v) is 4.56. The second-order valence-electron chi connectivity index (χ2n) is 5.25. The molecule has 4 atom stereocenters. The van der Waals surface area contributed by atoms with Crippen LogP contribution in [0.15, 0.2) is 0 Å². The van der Waals surface area contributed by atoms with Crippen LogP contribution < -0.4 is 0 Å². The maximum absolute atomic E-state index is 5.29. The predicted octanol–water partition coefficient (Wildman–Crippen LogP) is 3.10. The van der Waals surface area contributed by atoms with Crippen molar-refractivity contribution in [2.24, 2.45) is 23.2 Å². The third-order valence-electron chi connectivity index (χ3n) is 4.56. The number of hydrogen-bond donors (Lipinski definition) is 0. The largest absolute Gasteiger partial charge is 0.384 e. The first-order chi connectivity index (χ1) is 6.22. The fraction of sp³-hybridized carbons (Fsp3) is 1.00. The highest BCUT2D eigenvalue weighted by molar-refractivity contribution is 5.06. The van der Waals surface area contributed by atoms with E-state index in [2.05, 4.69) is 13.8 Å². The molecule has 0 aromatic rings. The van der Waals surface area contributed by atoms with E-state index in [1.165, 1.54) is 25.7 Å². The molecule has 2 rings (SSSR count). The first kappa shape index (κ1) is 9.51. The molecule has 0 radical (unpaired) electrons. The Bertz CT molecular complexity index is 190. The zero-order valence-electron chi connectivity index (χ0n) is 9.18. The van der Waals surface area contributed by atoms with Crippen molar-refractivity contribution in [2.75, 3.05) is 13.7 Å². The summed E-state index contributed by atoms with van der Waals surface area (Å²) < 4.78 is 5.29. The van der Waals surface area contributed by atoms with Crippen LogP contribution in [0.1, 0.15) is 39.5 Å². The Labute approximate surface area is 81.9 Å². The second-order valence-corrected chi connectivity index (χ2v) is 5.25. The summed E-state index contributed by atoms with van der Waals surface area (Å²) >= 11 is 0. The Morgan fingerprint density at radius 2 is 2.15 bits per heavy atom. The molecular formula is C12H22O. The highest BCUT2D eigenvalue weighted by Gasteiger charge is 2.56. The van der Waals surface area contributed by atoms with Crippen LogP contribution in [0, 0.1) is 23.2 Å². The summed E-state index contributed by atoms with van der Waals surface area (Å²) in [7, 11) is 1.83. The molecule has 0 heterocycles. The summed E-state index contributed by atoms with van der Waals surface area (Å²) in [4.78, 5) is 0. The van der Waals surface area contributed by atoms with Crippen LogP contribution in [0.2, 0.25) is 0 Å². The maximum Gasteiger partial charge on any atom is 0.0493 e. The van der Waals surface area contributed by atoms with E-state index in [-0.39, 0.29) is 0 Å². The van der Waals surface area contributed by atoms with Crippen LogP contribution >= 0.6 is 0 Å². The minimum Gasteiger partial charge on any atom is -0.384 e. The molecule has 0 spiro atoms. The summed E-state index contributed by atoms with van der Waals surface area (Å²) in [6.45, 7) is 5.76. The van der Waals surface area contributed by atoms with E-state index in [0.29, 0.717) is 0 Å². The lowest BCUT2D eigenvalue weighted by Gasteiger charge is -2.33. The van der Waals surface area contributed by atoms with Gasteiger partial charge in [-0.25, -0.2) is 0 Å². The van der Waals surface area contributed by atoms with Crippen LogP contribution in [0.5, 0.6) is 0 Å². The molecule has 2 fully saturated rings. The van der Waals surface area contributed by atoms with Gasteiger partial charge in [-0.2, -0.15) is 0 Å². The second kappa shape index (κ2) is 3.27. The van der Waals surface area contributed by atoms with E-state index >= 15 is 0 Å². The molecule has 2 saturated carbocycles. The van der Waals surface area contributed by atoms with Gasteiger partial charge >= 0.3 is 0 Å². The van der Waals surface area contributed by atoms with Crippen LogP contribution in [-0.2, 0) is 4.74 Å². The van der Waals surface area contributed by atoms with Gasteiger partial charge in [-0.15, -0.1) is 0 Å². The standard InChI is InChI=1S/C12H22O/c1-4-12-6-9(2)10(8-13-3)5-11(12)7-12/h9-11H,4-8H2,1-3H3. The van der Waals surface area contributed by atoms with Gasteiger partial charge in [-0.3, -0.25) is 0 Å². The Balaban J connectivity index is 1.94. The maximum atomic E-state index is 5.29. The van der Waals surface area contributed by atoms with Crippen molar-refractivity contribution < 1.29 is 4.74 Å². The van der Waals surface area contributed by atoms with Crippen molar-refractivity contribution in [1.29, 1.82) is 0 Å². The smallest absolute Gasteiger partial charge is 0.0493 e. The van der Waals surface area contributed by atoms with E-state index in [4.69, 9.17) is 4.74 Å². The SMILES string of the molecule is CCC12CC(C)C(COC)CC1C2. The van der Waals surface area contributed by atoms with Gasteiger partial charge in [0.15, 0.2) is 0 Å². The summed E-state index contributed by atoms with van der Waals surface area (Å²) in [6, 6.07) is 0. The van der Waals surface area contributed by atoms with Crippen molar-refractivity contribution in [3.05, 3.63) is 0 Å². The number of hydrogen-bond acceptors (Lipinski definition) is 1. The highest BCUT2D eigenvalue weighted by atomic mass is 16.5. The van der Waals surface area contributed by atoms with Crippen molar-refractivity contribution in [3.8, 4) is 0 Å². The highest BCUT2D eigenvalue weighted by Crippen LogP contribution is 2.65. The third kappa shape index (κ3) is 1.52. The molecule has 0 N–H and O–H groups in total. The first-order valence-corrected chi connectivity index (χ1v) is 5.71. The molecule has 1 heteroatoms. The molecule has 2 aliphatic rings. The molecule has 0 bridgehead atoms. The van der Waals surface area contributed by atoms with E-state index in [0.717, 1.165) is 29.8 Å². The first-order valence-electron chi connectivity index (χ1n) is 5.71. The molecule has 0 aliphatic heterocycles. The fourth-order valence-corrected chi connectivity index (χ4v) is 3.44. The molecule has 76 valence electrons. The lowest BCUT2D eigenvalue weighted by Crippen LogP contribution is -2.27. The Morgan fingerprint density at radius 3 is 2.77 bits per heavy atom. The van der Waals surface area contributed by atoms with Gasteiger partial charge in [-0.1, -0.05) is 20.3 Å². The number of methoxy groups -OCH3 is 1. The van der Waals surface area contributed by atoms with Crippen molar-refractivity contribution in [1.82, 2.24) is 0 Å². The van der Waals surface area contributed by atoms with Crippen LogP contribution in [0.25, 0.3) is 0 Å². The summed E-state index contributed by atoms with van der Waals surface area (Å²) in [5.74, 6) is 2.78. The summed E-state index contributed by atoms with van der Waals surface area (Å²) in [5.41, 5.74) is 0.781. The monoisotopic (exact) mass is 182 g/mol. The topological polar surface area (TPSA) is 9.23 Å². The molecule has 0 aromatic carbocycles. The number of rotatable bonds is 3. The average molecular weight is 182 g/mol. The zero-order chi connectivity index (χ0) is 9.47. The Morgan fingerprint density at radius 1 is 1.38 bits per heavy atom. The van der Waals surface area contributed by atoms with E-state index in [9.17, 15) is 0 Å². The van der Waals surface area contributed by atoms with Gasteiger partial charge in [0.25, 0.3) is 0 Å². The lowest BCUT2D eigenvalue weighted by atomic mass is 9.74. The molecule has 13 heavy (non-hydrogen) atoms. The molecule has 0 aromatic heterocycles. The number of fused-ring (bicyclic) bond motifs is 1. The van der Waals surface area contributed by atoms with Crippen LogP contribution in [-0.4, -0.2) is 13.7 Å². The minimum absolute atomic E-state index is 0.781. The molecule has 1 nitrogen and oxygen atoms in total. The minimum atomic E-state index is 0.781. The van der Waals surface area contributed by atoms with E-state index in [1.54, 1.807) is 0 Å². The molecule has 4 unspecified atom stereocenters. The van der Waals surface area contributed by atoms with E-state index < -0.39 is 0 Å². The molecule has 0 saturated heterocycles. The van der Waals surface area contributed by atoms with Crippen LogP contribution in [0.3, 0.4) is 0 Å². The van der Waals surface area contributed by atoms with Crippen LogP contribution in [0.4, 0.5) is 0 Å². The van der Waals surface area contributed by atoms with Crippen molar-refractivity contribution >= 4 is 0 Å². The van der Waals surface area contributed by atoms with Crippen molar-refractivity contribution in [2.45, 2.75) is 39.5 Å². The van der Waals surface area contributed by atoms with Gasteiger partial charge in [-0.05, 0) is 42.4 Å². The summed E-state index contributed by atoms with van der Waals surface area (Å²) in [6.07, 6.45) is 5.81. The van der Waals surface area contributed by atoms with Gasteiger partial charge < -0.3 is 4.74 Å². The zero-order valence-corrected chi connectivity index (χ0v) is 9.18. The van der Waals surface area contributed by atoms with Gasteiger partial charge in [0, 0.05) is 13.7 Å².